The molecule has 1 aliphatic heterocycles. The van der Waals surface area contributed by atoms with E-state index < -0.39 is 0 Å². The lowest BCUT2D eigenvalue weighted by Gasteiger charge is -2.40. The highest BCUT2D eigenvalue weighted by molar-refractivity contribution is 5.78. The second-order valence-corrected chi connectivity index (χ2v) is 6.52. The smallest absolute Gasteiger partial charge is 0.228 e. The van der Waals surface area contributed by atoms with Crippen LogP contribution in [0.25, 0.3) is 0 Å². The Labute approximate surface area is 149 Å². The van der Waals surface area contributed by atoms with Gasteiger partial charge in [0.2, 0.25) is 5.91 Å². The van der Waals surface area contributed by atoms with Crippen molar-refractivity contribution in [3.63, 3.8) is 0 Å². The molecule has 132 valence electrons. The van der Waals surface area contributed by atoms with Crippen molar-refractivity contribution in [3.05, 3.63) is 59.9 Å². The summed E-state index contributed by atoms with van der Waals surface area (Å²) in [5, 5.41) is 0. The maximum absolute atomic E-state index is 12.6. The lowest BCUT2D eigenvalue weighted by Crippen LogP contribution is -2.54. The van der Waals surface area contributed by atoms with Crippen LogP contribution >= 0.6 is 0 Å². The third-order valence-corrected chi connectivity index (χ3v) is 4.63. The number of piperazine rings is 1. The summed E-state index contributed by atoms with van der Waals surface area (Å²) in [5.41, 5.74) is 2.07. The van der Waals surface area contributed by atoms with Crippen LogP contribution in [0, 0.1) is 0 Å². The molecule has 1 aliphatic rings. The molecule has 1 amide bonds. The Hall–Kier alpha value is -2.40. The van der Waals surface area contributed by atoms with Crippen LogP contribution in [0.15, 0.2) is 48.7 Å². The van der Waals surface area contributed by atoms with E-state index in [0.717, 1.165) is 37.6 Å². The number of carbonyl (C=O) groups excluding carboxylic acids is 1. The molecule has 5 nitrogen and oxygen atoms in total. The van der Waals surface area contributed by atoms with Gasteiger partial charge in [0.1, 0.15) is 5.75 Å². The fraction of sp³-hybridized carbons (Fsp3) is 0.400. The normalized spacial score (nSPS) is 18.2. The van der Waals surface area contributed by atoms with Crippen LogP contribution in [-0.4, -0.2) is 53.5 Å². The van der Waals surface area contributed by atoms with Crippen LogP contribution in [0.5, 0.6) is 5.75 Å². The Morgan fingerprint density at radius 3 is 2.84 bits per heavy atom. The fourth-order valence-electron chi connectivity index (χ4n) is 3.34. The predicted octanol–water partition coefficient (Wildman–Crippen LogP) is 2.37. The van der Waals surface area contributed by atoms with E-state index >= 15 is 0 Å². The minimum absolute atomic E-state index is 0.159. The molecular formula is C20H25N3O2. The largest absolute Gasteiger partial charge is 0.497 e. The molecule has 0 bridgehead atoms. The van der Waals surface area contributed by atoms with Crippen molar-refractivity contribution in [2.45, 2.75) is 25.9 Å². The molecule has 1 aromatic heterocycles. The number of hydrogen-bond acceptors (Lipinski definition) is 4. The van der Waals surface area contributed by atoms with Crippen LogP contribution < -0.4 is 4.74 Å². The van der Waals surface area contributed by atoms with Gasteiger partial charge in [-0.05, 0) is 36.8 Å². The molecule has 0 unspecified atom stereocenters. The molecule has 1 fully saturated rings. The average Bonchev–Trinajstić information content (AvgIpc) is 2.62. The number of pyridine rings is 1. The highest BCUT2D eigenvalue weighted by Crippen LogP contribution is 2.17. The first kappa shape index (κ1) is 17.4. The minimum atomic E-state index is 0.159. The zero-order valence-corrected chi connectivity index (χ0v) is 14.9. The van der Waals surface area contributed by atoms with Gasteiger partial charge in [-0.2, -0.15) is 0 Å². The first-order valence-electron chi connectivity index (χ1n) is 8.70. The Morgan fingerprint density at radius 1 is 1.24 bits per heavy atom. The predicted molar refractivity (Wildman–Crippen MR) is 97.4 cm³/mol. The van der Waals surface area contributed by atoms with Gasteiger partial charge in [0.25, 0.3) is 0 Å². The summed E-state index contributed by atoms with van der Waals surface area (Å²) >= 11 is 0. The summed E-state index contributed by atoms with van der Waals surface area (Å²) < 4.78 is 5.29. The van der Waals surface area contributed by atoms with E-state index in [1.54, 1.807) is 13.3 Å². The summed E-state index contributed by atoms with van der Waals surface area (Å²) in [6.07, 6.45) is 2.11. The first-order valence-corrected chi connectivity index (χ1v) is 8.70. The van der Waals surface area contributed by atoms with Gasteiger partial charge in [0.15, 0.2) is 0 Å². The van der Waals surface area contributed by atoms with E-state index in [9.17, 15) is 4.79 Å². The fourth-order valence-corrected chi connectivity index (χ4v) is 3.34. The van der Waals surface area contributed by atoms with Crippen LogP contribution in [0.3, 0.4) is 0 Å². The van der Waals surface area contributed by atoms with Crippen LogP contribution in [0.2, 0.25) is 0 Å². The van der Waals surface area contributed by atoms with Gasteiger partial charge in [-0.3, -0.25) is 14.7 Å². The van der Waals surface area contributed by atoms with E-state index in [-0.39, 0.29) is 11.9 Å². The standard InChI is InChI=1S/C20H25N3O2/c1-16-14-22(15-17-6-5-8-19(12-17)25-2)10-11-23(16)20(24)13-18-7-3-4-9-21-18/h3-9,12,16H,10-11,13-15H2,1-2H3/t16-/m0/s1. The number of amides is 1. The molecule has 1 atom stereocenters. The Bertz CT molecular complexity index is 705. The lowest BCUT2D eigenvalue weighted by atomic mass is 10.1. The van der Waals surface area contributed by atoms with Crippen molar-refractivity contribution < 1.29 is 9.53 Å². The number of hydrogen-bond donors (Lipinski definition) is 0. The summed E-state index contributed by atoms with van der Waals surface area (Å²) in [6, 6.07) is 14.1. The van der Waals surface area contributed by atoms with E-state index in [1.807, 2.05) is 35.2 Å². The van der Waals surface area contributed by atoms with E-state index in [1.165, 1.54) is 5.56 Å². The second kappa shape index (κ2) is 8.12. The van der Waals surface area contributed by atoms with Gasteiger partial charge in [-0.25, -0.2) is 0 Å². The van der Waals surface area contributed by atoms with Crippen LogP contribution in [0.1, 0.15) is 18.2 Å². The van der Waals surface area contributed by atoms with E-state index in [2.05, 4.69) is 28.9 Å². The number of carbonyl (C=O) groups is 1. The third kappa shape index (κ3) is 4.57. The van der Waals surface area contributed by atoms with Gasteiger partial charge in [-0.15, -0.1) is 0 Å². The maximum Gasteiger partial charge on any atom is 0.228 e. The third-order valence-electron chi connectivity index (χ3n) is 4.63. The van der Waals surface area contributed by atoms with Gasteiger partial charge in [-0.1, -0.05) is 18.2 Å². The SMILES string of the molecule is COc1cccc(CN2CCN(C(=O)Cc3ccccn3)[C@@H](C)C2)c1. The molecule has 2 heterocycles. The van der Waals surface area contributed by atoms with Crippen molar-refractivity contribution in [1.29, 1.82) is 0 Å². The summed E-state index contributed by atoms with van der Waals surface area (Å²) in [6.45, 7) is 5.52. The molecule has 1 saturated heterocycles. The number of benzene rings is 1. The summed E-state index contributed by atoms with van der Waals surface area (Å²) in [7, 11) is 1.69. The average molecular weight is 339 g/mol. The molecule has 0 radical (unpaired) electrons. The van der Waals surface area contributed by atoms with Crippen molar-refractivity contribution in [1.82, 2.24) is 14.8 Å². The highest BCUT2D eigenvalue weighted by Gasteiger charge is 2.27. The van der Waals surface area contributed by atoms with Crippen LogP contribution in [0.4, 0.5) is 0 Å². The molecule has 0 spiro atoms. The zero-order chi connectivity index (χ0) is 17.6. The number of methoxy groups -OCH3 is 1. The van der Waals surface area contributed by atoms with Gasteiger partial charge in [0.05, 0.1) is 13.5 Å². The van der Waals surface area contributed by atoms with Crippen molar-refractivity contribution in [2.24, 2.45) is 0 Å². The first-order chi connectivity index (χ1) is 12.2. The number of rotatable bonds is 5. The van der Waals surface area contributed by atoms with Crippen molar-refractivity contribution in [2.75, 3.05) is 26.7 Å². The molecule has 0 saturated carbocycles. The maximum atomic E-state index is 12.6. The Balaban J connectivity index is 1.55. The summed E-state index contributed by atoms with van der Waals surface area (Å²) in [4.78, 5) is 21.2. The Kier molecular flexibility index (Phi) is 5.66. The molecule has 0 aliphatic carbocycles. The molecule has 5 heteroatoms. The van der Waals surface area contributed by atoms with E-state index in [0.29, 0.717) is 6.42 Å². The van der Waals surface area contributed by atoms with Gasteiger partial charge >= 0.3 is 0 Å². The number of aromatic nitrogens is 1. The molecule has 0 N–H and O–H groups in total. The highest BCUT2D eigenvalue weighted by atomic mass is 16.5. The molecule has 1 aromatic carbocycles. The monoisotopic (exact) mass is 339 g/mol. The van der Waals surface area contributed by atoms with E-state index in [4.69, 9.17) is 4.74 Å². The Morgan fingerprint density at radius 2 is 2.12 bits per heavy atom. The minimum Gasteiger partial charge on any atom is -0.497 e. The van der Waals surface area contributed by atoms with Gasteiger partial charge in [0, 0.05) is 44.1 Å². The topological polar surface area (TPSA) is 45.7 Å². The van der Waals surface area contributed by atoms with Crippen molar-refractivity contribution in [3.8, 4) is 5.75 Å². The molecule has 2 aromatic rings. The molecule has 25 heavy (non-hydrogen) atoms. The second-order valence-electron chi connectivity index (χ2n) is 6.52. The zero-order valence-electron chi connectivity index (χ0n) is 14.9. The number of ether oxygens (including phenoxy) is 1. The van der Waals surface area contributed by atoms with Gasteiger partial charge < -0.3 is 9.64 Å². The molecule has 3 rings (SSSR count). The van der Waals surface area contributed by atoms with Crippen molar-refractivity contribution >= 4 is 5.91 Å². The number of nitrogens with zero attached hydrogens (tertiary/aromatic N) is 3. The summed E-state index contributed by atoms with van der Waals surface area (Å²) in [5.74, 6) is 1.04. The lowest BCUT2D eigenvalue weighted by molar-refractivity contribution is -0.135. The molecular weight excluding hydrogens is 314 g/mol. The quantitative estimate of drug-likeness (QED) is 0.839. The van der Waals surface area contributed by atoms with Crippen LogP contribution in [-0.2, 0) is 17.8 Å².